The molecule has 1 aromatic heterocycles. The molecule has 0 radical (unpaired) electrons. The Kier molecular flexibility index (Phi) is 4.34. The fraction of sp³-hybridized carbons (Fsp3) is 0.786. The van der Waals surface area contributed by atoms with Crippen molar-refractivity contribution in [3.05, 3.63) is 11.7 Å². The SMILES string of the molecule is COC1(c2noc(CCC(C)=O)n2)CCC(C)CC1. The van der Waals surface area contributed by atoms with Crippen molar-refractivity contribution in [3.63, 3.8) is 0 Å². The summed E-state index contributed by atoms with van der Waals surface area (Å²) in [5.74, 6) is 2.03. The van der Waals surface area contributed by atoms with Gasteiger partial charge in [-0.3, -0.25) is 0 Å². The van der Waals surface area contributed by atoms with Crippen LogP contribution in [0.1, 0.15) is 57.7 Å². The second-order valence-corrected chi connectivity index (χ2v) is 5.59. The Morgan fingerprint density at radius 3 is 2.74 bits per heavy atom. The lowest BCUT2D eigenvalue weighted by atomic mass is 9.79. The zero-order valence-corrected chi connectivity index (χ0v) is 11.9. The molecule has 0 spiro atoms. The highest BCUT2D eigenvalue weighted by Crippen LogP contribution is 2.40. The van der Waals surface area contributed by atoms with Crippen LogP contribution in [0.25, 0.3) is 0 Å². The van der Waals surface area contributed by atoms with Gasteiger partial charge in [-0.1, -0.05) is 12.1 Å². The molecule has 1 fully saturated rings. The first-order valence-corrected chi connectivity index (χ1v) is 6.93. The van der Waals surface area contributed by atoms with E-state index < -0.39 is 5.60 Å². The Labute approximate surface area is 113 Å². The average molecular weight is 266 g/mol. The zero-order valence-electron chi connectivity index (χ0n) is 11.9. The van der Waals surface area contributed by atoms with Gasteiger partial charge in [0, 0.05) is 20.0 Å². The van der Waals surface area contributed by atoms with Gasteiger partial charge in [0.25, 0.3) is 0 Å². The van der Waals surface area contributed by atoms with Crippen molar-refractivity contribution < 1.29 is 14.1 Å². The van der Waals surface area contributed by atoms with E-state index in [1.807, 2.05) is 0 Å². The molecular formula is C14H22N2O3. The fourth-order valence-electron chi connectivity index (χ4n) is 2.57. The minimum absolute atomic E-state index is 0.132. The van der Waals surface area contributed by atoms with Crippen molar-refractivity contribution in [3.8, 4) is 0 Å². The Hall–Kier alpha value is -1.23. The van der Waals surface area contributed by atoms with E-state index in [0.717, 1.165) is 31.6 Å². The number of carbonyl (C=O) groups excluding carboxylic acids is 1. The van der Waals surface area contributed by atoms with Gasteiger partial charge in [-0.2, -0.15) is 4.98 Å². The van der Waals surface area contributed by atoms with E-state index >= 15 is 0 Å². The number of ether oxygens (including phenoxy) is 1. The molecule has 1 aliphatic carbocycles. The van der Waals surface area contributed by atoms with Crippen molar-refractivity contribution in [2.45, 2.75) is 58.0 Å². The van der Waals surface area contributed by atoms with Gasteiger partial charge in [-0.25, -0.2) is 0 Å². The maximum absolute atomic E-state index is 11.0. The summed E-state index contributed by atoms with van der Waals surface area (Å²) >= 11 is 0. The molecule has 0 unspecified atom stereocenters. The fourth-order valence-corrected chi connectivity index (χ4v) is 2.57. The second-order valence-electron chi connectivity index (χ2n) is 5.59. The van der Waals surface area contributed by atoms with Crippen LogP contribution >= 0.6 is 0 Å². The molecule has 1 aliphatic rings. The molecule has 0 atom stereocenters. The van der Waals surface area contributed by atoms with E-state index in [4.69, 9.17) is 9.26 Å². The highest BCUT2D eigenvalue weighted by atomic mass is 16.5. The smallest absolute Gasteiger partial charge is 0.227 e. The molecule has 0 amide bonds. The van der Waals surface area contributed by atoms with Crippen LogP contribution in [0.4, 0.5) is 0 Å². The average Bonchev–Trinajstić information content (AvgIpc) is 2.87. The van der Waals surface area contributed by atoms with Gasteiger partial charge in [0.05, 0.1) is 0 Å². The number of methoxy groups -OCH3 is 1. The first kappa shape index (κ1) is 14.2. The second kappa shape index (κ2) is 5.82. The number of aryl methyl sites for hydroxylation is 1. The third-order valence-corrected chi connectivity index (χ3v) is 4.04. The van der Waals surface area contributed by atoms with Crippen LogP contribution < -0.4 is 0 Å². The molecule has 5 nitrogen and oxygen atoms in total. The topological polar surface area (TPSA) is 65.2 Å². The number of carbonyl (C=O) groups is 1. The molecule has 0 saturated heterocycles. The molecule has 1 saturated carbocycles. The summed E-state index contributed by atoms with van der Waals surface area (Å²) in [6, 6.07) is 0. The molecule has 5 heteroatoms. The van der Waals surface area contributed by atoms with Crippen molar-refractivity contribution in [2.75, 3.05) is 7.11 Å². The van der Waals surface area contributed by atoms with E-state index in [-0.39, 0.29) is 5.78 Å². The maximum atomic E-state index is 11.0. The van der Waals surface area contributed by atoms with Crippen LogP contribution in [0.3, 0.4) is 0 Å². The van der Waals surface area contributed by atoms with Crippen LogP contribution in [0, 0.1) is 5.92 Å². The van der Waals surface area contributed by atoms with Gasteiger partial charge < -0.3 is 14.1 Å². The molecule has 0 N–H and O–H groups in total. The summed E-state index contributed by atoms with van der Waals surface area (Å²) in [5, 5.41) is 4.06. The van der Waals surface area contributed by atoms with Gasteiger partial charge in [0.1, 0.15) is 11.4 Å². The number of hydrogen-bond donors (Lipinski definition) is 0. The third kappa shape index (κ3) is 3.21. The molecule has 2 rings (SSSR count). The quantitative estimate of drug-likeness (QED) is 0.819. The monoisotopic (exact) mass is 266 g/mol. The van der Waals surface area contributed by atoms with Crippen LogP contribution in [-0.2, 0) is 21.6 Å². The molecule has 0 aromatic carbocycles. The standard InChI is InChI=1S/C14H22N2O3/c1-10-6-8-14(18-3,9-7-10)13-15-12(19-16-13)5-4-11(2)17/h10H,4-9H2,1-3H3. The zero-order chi connectivity index (χ0) is 13.9. The van der Waals surface area contributed by atoms with Crippen molar-refractivity contribution in [1.82, 2.24) is 10.1 Å². The number of rotatable bonds is 5. The molecule has 106 valence electrons. The summed E-state index contributed by atoms with van der Waals surface area (Å²) in [6.45, 7) is 3.82. The molecular weight excluding hydrogens is 244 g/mol. The van der Waals surface area contributed by atoms with E-state index in [0.29, 0.717) is 24.6 Å². The first-order chi connectivity index (χ1) is 9.05. The lowest BCUT2D eigenvalue weighted by Crippen LogP contribution is -2.34. The molecule has 1 heterocycles. The van der Waals surface area contributed by atoms with Crippen molar-refractivity contribution in [1.29, 1.82) is 0 Å². The number of hydrogen-bond acceptors (Lipinski definition) is 5. The predicted octanol–water partition coefficient (Wildman–Crippen LogP) is 2.64. The first-order valence-electron chi connectivity index (χ1n) is 6.93. The highest BCUT2D eigenvalue weighted by molar-refractivity contribution is 5.75. The van der Waals surface area contributed by atoms with Gasteiger partial charge in [0.15, 0.2) is 0 Å². The minimum atomic E-state index is -0.398. The predicted molar refractivity (Wildman–Crippen MR) is 69.6 cm³/mol. The maximum Gasteiger partial charge on any atom is 0.227 e. The Bertz CT molecular complexity index is 434. The van der Waals surface area contributed by atoms with Gasteiger partial charge in [0.2, 0.25) is 11.7 Å². The van der Waals surface area contributed by atoms with E-state index in [2.05, 4.69) is 17.1 Å². The summed E-state index contributed by atoms with van der Waals surface area (Å²) in [5.41, 5.74) is -0.398. The number of aromatic nitrogens is 2. The highest BCUT2D eigenvalue weighted by Gasteiger charge is 2.40. The van der Waals surface area contributed by atoms with Gasteiger partial charge >= 0.3 is 0 Å². The molecule has 1 aromatic rings. The van der Waals surface area contributed by atoms with Crippen LogP contribution in [0.15, 0.2) is 4.52 Å². The van der Waals surface area contributed by atoms with Crippen LogP contribution in [0.5, 0.6) is 0 Å². The Balaban J connectivity index is 2.09. The summed E-state index contributed by atoms with van der Waals surface area (Å²) in [4.78, 5) is 15.4. The normalized spacial score (nSPS) is 27.4. The largest absolute Gasteiger partial charge is 0.370 e. The molecule has 0 bridgehead atoms. The van der Waals surface area contributed by atoms with E-state index in [1.54, 1.807) is 14.0 Å². The summed E-state index contributed by atoms with van der Waals surface area (Å²) in [7, 11) is 1.71. The van der Waals surface area contributed by atoms with Crippen LogP contribution in [0.2, 0.25) is 0 Å². The minimum Gasteiger partial charge on any atom is -0.370 e. The molecule has 19 heavy (non-hydrogen) atoms. The van der Waals surface area contributed by atoms with Gasteiger partial charge in [-0.05, 0) is 38.5 Å². The molecule has 0 aliphatic heterocycles. The Morgan fingerprint density at radius 1 is 1.47 bits per heavy atom. The van der Waals surface area contributed by atoms with Gasteiger partial charge in [-0.15, -0.1) is 0 Å². The van der Waals surface area contributed by atoms with E-state index in [9.17, 15) is 4.79 Å². The van der Waals surface area contributed by atoms with Crippen LogP contribution in [-0.4, -0.2) is 23.0 Å². The van der Waals surface area contributed by atoms with Crippen molar-refractivity contribution in [2.24, 2.45) is 5.92 Å². The number of ketones is 1. The summed E-state index contributed by atoms with van der Waals surface area (Å²) in [6.07, 6.45) is 5.04. The lowest BCUT2D eigenvalue weighted by molar-refractivity contribution is -0.117. The number of nitrogens with zero attached hydrogens (tertiary/aromatic N) is 2. The number of Topliss-reactive ketones (excluding diaryl/α,β-unsaturated/α-hetero) is 1. The third-order valence-electron chi connectivity index (χ3n) is 4.04. The van der Waals surface area contributed by atoms with Crippen molar-refractivity contribution >= 4 is 5.78 Å². The van der Waals surface area contributed by atoms with E-state index in [1.165, 1.54) is 0 Å². The lowest BCUT2D eigenvalue weighted by Gasteiger charge is -2.35. The summed E-state index contributed by atoms with van der Waals surface area (Å²) < 4.78 is 10.9. The Morgan fingerprint density at radius 2 is 2.16 bits per heavy atom.